The van der Waals surface area contributed by atoms with E-state index in [1.54, 1.807) is 32.5 Å². The van der Waals surface area contributed by atoms with Crippen molar-refractivity contribution in [2.45, 2.75) is 50.5 Å². The van der Waals surface area contributed by atoms with Gasteiger partial charge in [0.25, 0.3) is 5.91 Å². The summed E-state index contributed by atoms with van der Waals surface area (Å²) in [6.45, 7) is 1.08. The van der Waals surface area contributed by atoms with Gasteiger partial charge in [0.1, 0.15) is 35.3 Å². The van der Waals surface area contributed by atoms with Gasteiger partial charge in [-0.1, -0.05) is 24.3 Å². The maximum Gasteiger partial charge on any atom is 0.434 e. The number of hydrogen-bond donors (Lipinski definition) is 0. The van der Waals surface area contributed by atoms with E-state index in [-0.39, 0.29) is 17.9 Å². The van der Waals surface area contributed by atoms with E-state index in [9.17, 15) is 18.0 Å². The smallest absolute Gasteiger partial charge is 0.434 e. The molecule has 0 spiro atoms. The molecule has 2 fully saturated rings. The fraction of sp³-hybridized carbons (Fsp3) is 0.379. The normalized spacial score (nSPS) is 18.3. The number of aromatic nitrogens is 6. The fourth-order valence-electron chi connectivity index (χ4n) is 5.89. The third kappa shape index (κ3) is 4.43. The number of alkyl halides is 3. The summed E-state index contributed by atoms with van der Waals surface area (Å²) in [4.78, 5) is 39.5. The molecular weight excluding hydrogens is 549 g/mol. The monoisotopic (exact) mass is 576 g/mol. The predicted molar refractivity (Wildman–Crippen MR) is 145 cm³/mol. The average molecular weight is 577 g/mol. The van der Waals surface area contributed by atoms with Crippen molar-refractivity contribution in [1.29, 1.82) is 0 Å². The summed E-state index contributed by atoms with van der Waals surface area (Å²) in [6.07, 6.45) is 3.06. The first kappa shape index (κ1) is 26.4. The zero-order chi connectivity index (χ0) is 29.2. The molecule has 10 nitrogen and oxygen atoms in total. The number of methoxy groups -OCH3 is 1. The standard InChI is InChI=1S/C29H27F3N8O2/c1-38-14-20(29(30,31)32)36-25(38)18-7-5-16(6-8-18)13-40-21-4-3-11-39(21)28(41)19-12-33-24(37-26(19)40)22-23(17-9-10-17)34-15-35-27(22)42-2/h5-8,12,14-15,17,21H,3-4,9-11,13H2,1-2H3. The van der Waals surface area contributed by atoms with Crippen LogP contribution in [0, 0.1) is 0 Å². The molecule has 2 aliphatic heterocycles. The Morgan fingerprint density at radius 2 is 1.83 bits per heavy atom. The van der Waals surface area contributed by atoms with Gasteiger partial charge in [-0.2, -0.15) is 13.2 Å². The van der Waals surface area contributed by atoms with E-state index in [1.165, 1.54) is 10.9 Å². The van der Waals surface area contributed by atoms with Crippen molar-refractivity contribution < 1.29 is 22.7 Å². The van der Waals surface area contributed by atoms with E-state index in [0.29, 0.717) is 53.2 Å². The molecule has 1 saturated carbocycles. The maximum atomic E-state index is 13.4. The van der Waals surface area contributed by atoms with Gasteiger partial charge in [-0.05, 0) is 31.2 Å². The van der Waals surface area contributed by atoms with Gasteiger partial charge in [0, 0.05) is 44.0 Å². The Bertz CT molecular complexity index is 1680. The lowest BCUT2D eigenvalue weighted by Crippen LogP contribution is -2.52. The number of aryl methyl sites for hydroxylation is 1. The Balaban J connectivity index is 1.25. The number of hydrogen-bond acceptors (Lipinski definition) is 8. The van der Waals surface area contributed by atoms with Crippen LogP contribution < -0.4 is 9.64 Å². The molecule has 0 bridgehead atoms. The number of carbonyl (C=O) groups is 1. The molecule has 4 aromatic rings. The van der Waals surface area contributed by atoms with Crippen molar-refractivity contribution in [3.63, 3.8) is 0 Å². The van der Waals surface area contributed by atoms with Gasteiger partial charge in [-0.25, -0.2) is 24.9 Å². The number of carbonyl (C=O) groups excluding carboxylic acids is 1. The second-order valence-corrected chi connectivity index (χ2v) is 10.9. The van der Waals surface area contributed by atoms with Gasteiger partial charge in [0.05, 0.1) is 12.8 Å². The highest BCUT2D eigenvalue weighted by atomic mass is 19.4. The van der Waals surface area contributed by atoms with E-state index in [2.05, 4.69) is 24.8 Å². The zero-order valence-electron chi connectivity index (χ0n) is 23.0. The number of ether oxygens (including phenoxy) is 1. The maximum absolute atomic E-state index is 13.4. The molecule has 1 amide bonds. The molecule has 3 aromatic heterocycles. The van der Waals surface area contributed by atoms with Crippen molar-refractivity contribution in [1.82, 2.24) is 34.4 Å². The zero-order valence-corrected chi connectivity index (χ0v) is 23.0. The van der Waals surface area contributed by atoms with Crippen molar-refractivity contribution in [3.8, 4) is 28.7 Å². The Morgan fingerprint density at radius 1 is 1.05 bits per heavy atom. The third-order valence-electron chi connectivity index (χ3n) is 8.07. The van der Waals surface area contributed by atoms with Crippen LogP contribution in [0.4, 0.5) is 19.0 Å². The molecule has 13 heteroatoms. The van der Waals surface area contributed by atoms with Gasteiger partial charge in [-0.15, -0.1) is 0 Å². The molecule has 0 N–H and O–H groups in total. The first-order valence-electron chi connectivity index (χ1n) is 13.8. The first-order chi connectivity index (χ1) is 20.2. The molecule has 1 aliphatic carbocycles. The van der Waals surface area contributed by atoms with Gasteiger partial charge >= 0.3 is 6.18 Å². The average Bonchev–Trinajstić information content (AvgIpc) is 3.57. The molecule has 0 radical (unpaired) electrons. The summed E-state index contributed by atoms with van der Waals surface area (Å²) in [7, 11) is 3.09. The van der Waals surface area contributed by atoms with Crippen molar-refractivity contribution in [3.05, 3.63) is 65.5 Å². The highest BCUT2D eigenvalue weighted by Gasteiger charge is 2.42. The van der Waals surface area contributed by atoms with Gasteiger partial charge < -0.3 is 19.1 Å². The molecule has 1 atom stereocenters. The highest BCUT2D eigenvalue weighted by Crippen LogP contribution is 2.45. The van der Waals surface area contributed by atoms with E-state index < -0.39 is 11.9 Å². The SMILES string of the molecule is COc1ncnc(C2CC2)c1-c1ncc2c(n1)N(Cc1ccc(-c3nc(C(F)(F)F)cn3C)cc1)C1CCCN1C2=O. The van der Waals surface area contributed by atoms with E-state index in [1.807, 2.05) is 17.0 Å². The lowest BCUT2D eigenvalue weighted by Gasteiger charge is -2.41. The molecule has 5 heterocycles. The minimum Gasteiger partial charge on any atom is -0.480 e. The summed E-state index contributed by atoms with van der Waals surface area (Å²) in [6, 6.07) is 7.27. The summed E-state index contributed by atoms with van der Waals surface area (Å²) < 4.78 is 46.5. The van der Waals surface area contributed by atoms with E-state index >= 15 is 0 Å². The molecule has 7 rings (SSSR count). The molecule has 1 saturated heterocycles. The number of imidazole rings is 1. The highest BCUT2D eigenvalue weighted by molar-refractivity contribution is 6.01. The second-order valence-electron chi connectivity index (χ2n) is 10.9. The molecule has 1 unspecified atom stereocenters. The predicted octanol–water partition coefficient (Wildman–Crippen LogP) is 4.82. The quantitative estimate of drug-likeness (QED) is 0.322. The number of amides is 1. The number of benzene rings is 1. The summed E-state index contributed by atoms with van der Waals surface area (Å²) >= 11 is 0. The van der Waals surface area contributed by atoms with Crippen LogP contribution in [0.3, 0.4) is 0 Å². The summed E-state index contributed by atoms with van der Waals surface area (Å²) in [5, 5.41) is 0. The lowest BCUT2D eigenvalue weighted by molar-refractivity contribution is -0.140. The van der Waals surface area contributed by atoms with Crippen LogP contribution in [-0.4, -0.2) is 60.1 Å². The van der Waals surface area contributed by atoms with Crippen LogP contribution in [0.15, 0.2) is 43.0 Å². The van der Waals surface area contributed by atoms with E-state index in [4.69, 9.17) is 9.72 Å². The second kappa shape index (κ2) is 9.78. The number of nitrogens with zero attached hydrogens (tertiary/aromatic N) is 8. The number of rotatable bonds is 6. The Labute approximate surface area is 239 Å². The molecule has 42 heavy (non-hydrogen) atoms. The largest absolute Gasteiger partial charge is 0.480 e. The van der Waals surface area contributed by atoms with Crippen LogP contribution in [0.1, 0.15) is 58.9 Å². The van der Waals surface area contributed by atoms with Gasteiger partial charge in [0.2, 0.25) is 5.88 Å². The third-order valence-corrected chi connectivity index (χ3v) is 8.07. The van der Waals surface area contributed by atoms with Crippen molar-refractivity contribution in [2.75, 3.05) is 18.6 Å². The lowest BCUT2D eigenvalue weighted by atomic mass is 10.1. The topological polar surface area (TPSA) is 102 Å². The number of halogens is 3. The van der Waals surface area contributed by atoms with E-state index in [0.717, 1.165) is 43.1 Å². The minimum absolute atomic E-state index is 0.0976. The van der Waals surface area contributed by atoms with Crippen LogP contribution in [0.5, 0.6) is 5.88 Å². The Morgan fingerprint density at radius 3 is 2.52 bits per heavy atom. The summed E-state index contributed by atoms with van der Waals surface area (Å²) in [5.41, 5.74) is 2.46. The fourth-order valence-corrected chi connectivity index (χ4v) is 5.89. The van der Waals surface area contributed by atoms with Crippen LogP contribution in [0.2, 0.25) is 0 Å². The van der Waals surface area contributed by atoms with Crippen LogP contribution >= 0.6 is 0 Å². The number of fused-ring (bicyclic) bond motifs is 2. The summed E-state index contributed by atoms with van der Waals surface area (Å²) in [5.74, 6) is 1.75. The van der Waals surface area contributed by atoms with Gasteiger partial charge in [-0.3, -0.25) is 4.79 Å². The van der Waals surface area contributed by atoms with Crippen molar-refractivity contribution in [2.24, 2.45) is 7.05 Å². The number of anilines is 1. The van der Waals surface area contributed by atoms with Crippen LogP contribution in [0.25, 0.3) is 22.8 Å². The van der Waals surface area contributed by atoms with Gasteiger partial charge in [0.15, 0.2) is 11.5 Å². The molecule has 1 aromatic carbocycles. The van der Waals surface area contributed by atoms with Crippen LogP contribution in [-0.2, 0) is 19.8 Å². The Hall–Kier alpha value is -4.55. The van der Waals surface area contributed by atoms with Crippen molar-refractivity contribution >= 4 is 11.7 Å². The Kier molecular flexibility index (Phi) is 6.13. The molecule has 3 aliphatic rings. The molecular formula is C29H27F3N8O2. The first-order valence-corrected chi connectivity index (χ1v) is 13.8. The molecule has 216 valence electrons. The minimum atomic E-state index is -4.52.